The highest BCUT2D eigenvalue weighted by molar-refractivity contribution is 5.98. The van der Waals surface area contributed by atoms with Crippen molar-refractivity contribution >= 4 is 16.9 Å². The third-order valence-electron chi connectivity index (χ3n) is 3.07. The number of carbonyl (C=O) groups excluding carboxylic acids is 1. The summed E-state index contributed by atoms with van der Waals surface area (Å²) >= 11 is 0. The number of nitrogens with one attached hydrogen (secondary N) is 1. The van der Waals surface area contributed by atoms with E-state index in [9.17, 15) is 9.18 Å². The van der Waals surface area contributed by atoms with Gasteiger partial charge in [-0.1, -0.05) is 0 Å². The lowest BCUT2D eigenvalue weighted by Gasteiger charge is -2.04. The van der Waals surface area contributed by atoms with Crippen LogP contribution in [-0.4, -0.2) is 17.6 Å². The van der Waals surface area contributed by atoms with Crippen molar-refractivity contribution in [2.75, 3.05) is 6.61 Å². The summed E-state index contributed by atoms with van der Waals surface area (Å²) in [7, 11) is 0. The topological polar surface area (TPSA) is 89.7 Å². The van der Waals surface area contributed by atoms with Crippen LogP contribution in [0.4, 0.5) is 4.39 Å². The minimum absolute atomic E-state index is 0.0323. The fourth-order valence-corrected chi connectivity index (χ4v) is 2.13. The first-order valence-electron chi connectivity index (χ1n) is 6.37. The minimum Gasteiger partial charge on any atom is -0.461 e. The number of fused-ring (bicyclic) bond motifs is 1. The second kappa shape index (κ2) is 6.06. The molecule has 0 aliphatic heterocycles. The summed E-state index contributed by atoms with van der Waals surface area (Å²) < 4.78 is 18.4. The Bertz CT molecular complexity index is 754. The molecule has 1 aromatic carbocycles. The summed E-state index contributed by atoms with van der Waals surface area (Å²) in [5.41, 5.74) is 1.15. The highest BCUT2D eigenvalue weighted by Crippen LogP contribution is 2.26. The molecule has 0 atom stereocenters. The molecule has 0 aliphatic rings. The van der Waals surface area contributed by atoms with Gasteiger partial charge in [0.15, 0.2) is 0 Å². The first-order valence-corrected chi connectivity index (χ1v) is 6.37. The number of nitriles is 2. The maximum atomic E-state index is 13.4. The van der Waals surface area contributed by atoms with Gasteiger partial charge in [0, 0.05) is 17.3 Å². The number of benzene rings is 1. The number of hydrogen-bond acceptors (Lipinski definition) is 4. The first-order chi connectivity index (χ1) is 10.1. The molecule has 0 fully saturated rings. The molecule has 1 heterocycles. The normalized spacial score (nSPS) is 10.3. The van der Waals surface area contributed by atoms with Gasteiger partial charge in [-0.15, -0.1) is 0 Å². The van der Waals surface area contributed by atoms with Crippen molar-refractivity contribution < 1.29 is 13.9 Å². The van der Waals surface area contributed by atoms with Crippen LogP contribution in [0.2, 0.25) is 0 Å². The van der Waals surface area contributed by atoms with Crippen LogP contribution in [0, 0.1) is 34.4 Å². The molecule has 1 N–H and O–H groups in total. The first kappa shape index (κ1) is 14.5. The number of esters is 1. The Hall–Kier alpha value is -2.86. The minimum atomic E-state index is -0.916. The molecule has 1 aromatic heterocycles. The molecule has 106 valence electrons. The number of rotatable bonds is 4. The number of aromatic nitrogens is 1. The van der Waals surface area contributed by atoms with Crippen LogP contribution in [0.1, 0.15) is 23.0 Å². The number of halogens is 1. The number of H-pyrrole nitrogens is 1. The summed E-state index contributed by atoms with van der Waals surface area (Å²) in [6.45, 7) is 1.87. The lowest BCUT2D eigenvalue weighted by atomic mass is 9.99. The number of aromatic amines is 1. The molecule has 0 saturated carbocycles. The van der Waals surface area contributed by atoms with Crippen LogP contribution in [0.25, 0.3) is 10.9 Å². The number of ether oxygens (including phenoxy) is 1. The largest absolute Gasteiger partial charge is 0.461 e. The predicted molar refractivity (Wildman–Crippen MR) is 72.6 cm³/mol. The molecule has 0 radical (unpaired) electrons. The van der Waals surface area contributed by atoms with Crippen LogP contribution < -0.4 is 0 Å². The molecule has 21 heavy (non-hydrogen) atoms. The Morgan fingerprint density at radius 1 is 1.43 bits per heavy atom. The van der Waals surface area contributed by atoms with E-state index in [0.717, 1.165) is 0 Å². The summed E-state index contributed by atoms with van der Waals surface area (Å²) in [6.07, 6.45) is 0.0323. The van der Waals surface area contributed by atoms with E-state index in [2.05, 4.69) is 4.98 Å². The summed E-state index contributed by atoms with van der Waals surface area (Å²) in [4.78, 5) is 14.8. The number of hydrogen-bond donors (Lipinski definition) is 1. The van der Waals surface area contributed by atoms with Crippen LogP contribution in [0.5, 0.6) is 0 Å². The van der Waals surface area contributed by atoms with Crippen molar-refractivity contribution in [1.29, 1.82) is 10.5 Å². The molecule has 0 amide bonds. The lowest BCUT2D eigenvalue weighted by Crippen LogP contribution is -2.10. The van der Waals surface area contributed by atoms with Gasteiger partial charge in [0.25, 0.3) is 0 Å². The van der Waals surface area contributed by atoms with E-state index < -0.39 is 17.7 Å². The zero-order valence-corrected chi connectivity index (χ0v) is 11.3. The molecule has 0 saturated heterocycles. The summed E-state index contributed by atoms with van der Waals surface area (Å²) in [6, 6.07) is 7.74. The fraction of sp³-hybridized carbons (Fsp3) is 0.267. The second-order valence-electron chi connectivity index (χ2n) is 4.40. The van der Waals surface area contributed by atoms with E-state index in [1.807, 2.05) is 12.1 Å². The summed E-state index contributed by atoms with van der Waals surface area (Å²) in [5.74, 6) is -1.96. The molecular weight excluding hydrogens is 273 g/mol. The average molecular weight is 285 g/mol. The quantitative estimate of drug-likeness (QED) is 0.874. The monoisotopic (exact) mass is 285 g/mol. The molecule has 0 unspecified atom stereocenters. The van der Waals surface area contributed by atoms with Gasteiger partial charge in [-0.25, -0.2) is 9.18 Å². The number of nitrogens with zero attached hydrogens (tertiary/aromatic N) is 2. The predicted octanol–water partition coefficient (Wildman–Crippen LogP) is 2.69. The van der Waals surface area contributed by atoms with Crippen LogP contribution in [0.3, 0.4) is 0 Å². The van der Waals surface area contributed by atoms with Crippen LogP contribution in [-0.2, 0) is 11.2 Å². The van der Waals surface area contributed by atoms with Crippen molar-refractivity contribution in [3.8, 4) is 12.1 Å². The van der Waals surface area contributed by atoms with Crippen molar-refractivity contribution in [3.05, 3.63) is 35.3 Å². The molecule has 0 bridgehead atoms. The zero-order valence-electron chi connectivity index (χ0n) is 11.3. The molecule has 0 aliphatic carbocycles. The highest BCUT2D eigenvalue weighted by Gasteiger charge is 2.22. The Kier molecular flexibility index (Phi) is 4.20. The van der Waals surface area contributed by atoms with Crippen LogP contribution >= 0.6 is 0 Å². The van der Waals surface area contributed by atoms with Gasteiger partial charge >= 0.3 is 5.97 Å². The Morgan fingerprint density at radius 2 is 2.14 bits per heavy atom. The third-order valence-corrected chi connectivity index (χ3v) is 3.07. The van der Waals surface area contributed by atoms with E-state index in [0.29, 0.717) is 16.5 Å². The van der Waals surface area contributed by atoms with E-state index in [-0.39, 0.29) is 18.7 Å². The van der Waals surface area contributed by atoms with E-state index in [4.69, 9.17) is 15.3 Å². The third kappa shape index (κ3) is 2.85. The van der Waals surface area contributed by atoms with Crippen molar-refractivity contribution in [2.24, 2.45) is 5.92 Å². The van der Waals surface area contributed by atoms with Crippen molar-refractivity contribution in [2.45, 2.75) is 13.3 Å². The Balaban J connectivity index is 2.59. The maximum Gasteiger partial charge on any atom is 0.355 e. The van der Waals surface area contributed by atoms with E-state index in [1.54, 1.807) is 6.92 Å². The van der Waals surface area contributed by atoms with Gasteiger partial charge in [0.05, 0.1) is 18.7 Å². The van der Waals surface area contributed by atoms with Gasteiger partial charge in [0.1, 0.15) is 17.4 Å². The number of carbonyl (C=O) groups is 1. The van der Waals surface area contributed by atoms with Gasteiger partial charge < -0.3 is 9.72 Å². The molecular formula is C15H12FN3O2. The highest BCUT2D eigenvalue weighted by atomic mass is 19.1. The SMILES string of the molecule is CCOC(=O)c1[nH]c2ccc(F)cc2c1CC(C#N)C#N. The fourth-order valence-electron chi connectivity index (χ4n) is 2.13. The molecule has 2 aromatic rings. The standard InChI is InChI=1S/C15H12FN3O2/c1-2-21-15(20)14-12(5-9(7-17)8-18)11-6-10(16)3-4-13(11)19-14/h3-4,6,9,19H,2,5H2,1H3. The maximum absolute atomic E-state index is 13.4. The zero-order chi connectivity index (χ0) is 15.4. The van der Waals surface area contributed by atoms with Gasteiger partial charge in [0.2, 0.25) is 0 Å². The molecule has 6 heteroatoms. The smallest absolute Gasteiger partial charge is 0.355 e. The summed E-state index contributed by atoms with van der Waals surface area (Å²) in [5, 5.41) is 18.3. The van der Waals surface area contributed by atoms with Crippen molar-refractivity contribution in [1.82, 2.24) is 4.98 Å². The van der Waals surface area contributed by atoms with Crippen molar-refractivity contribution in [3.63, 3.8) is 0 Å². The van der Waals surface area contributed by atoms with Gasteiger partial charge in [-0.3, -0.25) is 0 Å². The lowest BCUT2D eigenvalue weighted by molar-refractivity contribution is 0.0519. The van der Waals surface area contributed by atoms with E-state index in [1.165, 1.54) is 18.2 Å². The van der Waals surface area contributed by atoms with Crippen LogP contribution in [0.15, 0.2) is 18.2 Å². The second-order valence-corrected chi connectivity index (χ2v) is 4.40. The van der Waals surface area contributed by atoms with E-state index >= 15 is 0 Å². The molecule has 2 rings (SSSR count). The Labute approximate surface area is 120 Å². The van der Waals surface area contributed by atoms with Gasteiger partial charge in [-0.05, 0) is 30.7 Å². The molecule has 0 spiro atoms. The van der Waals surface area contributed by atoms with Gasteiger partial charge in [-0.2, -0.15) is 10.5 Å². The average Bonchev–Trinajstić information content (AvgIpc) is 2.83. The molecule has 5 nitrogen and oxygen atoms in total. The Morgan fingerprint density at radius 3 is 2.76 bits per heavy atom.